The molecule has 3 heterocycles. The predicted octanol–water partition coefficient (Wildman–Crippen LogP) is 0.968. The number of hydrogen-bond acceptors (Lipinski definition) is 5. The molecule has 82 valence electrons. The van der Waals surface area contributed by atoms with Crippen molar-refractivity contribution in [2.75, 3.05) is 6.61 Å². The molecular weight excluding hydrogens is 232 g/mol. The first-order valence-electron chi connectivity index (χ1n) is 4.77. The van der Waals surface area contributed by atoms with Gasteiger partial charge in [0.15, 0.2) is 10.8 Å². The van der Waals surface area contributed by atoms with Gasteiger partial charge in [0.25, 0.3) is 0 Å². The third-order valence-electron chi connectivity index (χ3n) is 2.56. The normalized spacial score (nSPS) is 20.3. The van der Waals surface area contributed by atoms with Gasteiger partial charge in [0.2, 0.25) is 0 Å². The molecule has 7 heteroatoms. The summed E-state index contributed by atoms with van der Waals surface area (Å²) >= 11 is 5.87. The minimum absolute atomic E-state index is 0.256. The van der Waals surface area contributed by atoms with E-state index in [1.54, 1.807) is 10.9 Å². The molecule has 1 atom stereocenters. The van der Waals surface area contributed by atoms with Gasteiger partial charge >= 0.3 is 5.97 Å². The lowest BCUT2D eigenvalue weighted by molar-refractivity contribution is -0.140. The maximum absolute atomic E-state index is 11.5. The van der Waals surface area contributed by atoms with Crippen LogP contribution >= 0.6 is 11.6 Å². The molecule has 0 spiro atoms. The second kappa shape index (κ2) is 3.41. The molecule has 1 fully saturated rings. The molecule has 0 N–H and O–H groups in total. The number of carbonyl (C=O) groups excluding carboxylic acids is 1. The van der Waals surface area contributed by atoms with E-state index >= 15 is 0 Å². The summed E-state index contributed by atoms with van der Waals surface area (Å²) in [6, 6.07) is -0.351. The van der Waals surface area contributed by atoms with Crippen LogP contribution in [0.1, 0.15) is 12.5 Å². The second-order valence-corrected chi connectivity index (χ2v) is 3.82. The van der Waals surface area contributed by atoms with E-state index < -0.39 is 0 Å². The minimum Gasteiger partial charge on any atom is -0.464 e. The van der Waals surface area contributed by atoms with Gasteiger partial charge in [-0.15, -0.1) is 0 Å². The van der Waals surface area contributed by atoms with Crippen molar-refractivity contribution < 1.29 is 9.53 Å². The van der Waals surface area contributed by atoms with Crippen molar-refractivity contribution in [2.24, 2.45) is 0 Å². The Morgan fingerprint density at radius 1 is 1.44 bits per heavy atom. The van der Waals surface area contributed by atoms with Crippen molar-refractivity contribution >= 4 is 28.7 Å². The Labute approximate surface area is 95.2 Å². The average molecular weight is 239 g/mol. The highest BCUT2D eigenvalue weighted by molar-refractivity contribution is 6.33. The molecule has 1 unspecified atom stereocenters. The molecule has 2 aromatic heterocycles. The number of ether oxygens (including phenoxy) is 1. The summed E-state index contributed by atoms with van der Waals surface area (Å²) in [4.78, 5) is 23.5. The summed E-state index contributed by atoms with van der Waals surface area (Å²) in [7, 11) is 0. The van der Waals surface area contributed by atoms with Gasteiger partial charge in [-0.1, -0.05) is 11.6 Å². The number of fused-ring (bicyclic) bond motifs is 1. The summed E-state index contributed by atoms with van der Waals surface area (Å²) in [5, 5.41) is 0.287. The Morgan fingerprint density at radius 2 is 2.31 bits per heavy atom. The van der Waals surface area contributed by atoms with Gasteiger partial charge in [-0.3, -0.25) is 0 Å². The molecule has 1 saturated heterocycles. The van der Waals surface area contributed by atoms with Crippen LogP contribution in [0, 0.1) is 0 Å². The van der Waals surface area contributed by atoms with E-state index in [1.165, 1.54) is 6.33 Å². The predicted molar refractivity (Wildman–Crippen MR) is 54.9 cm³/mol. The number of esters is 1. The van der Waals surface area contributed by atoms with Crippen LogP contribution in [0.3, 0.4) is 0 Å². The number of rotatable bonds is 1. The van der Waals surface area contributed by atoms with Gasteiger partial charge in [-0.05, 0) is 0 Å². The number of aromatic nitrogens is 4. The van der Waals surface area contributed by atoms with Crippen molar-refractivity contribution in [3.05, 3.63) is 17.8 Å². The summed E-state index contributed by atoms with van der Waals surface area (Å²) in [5.74, 6) is -0.256. The minimum atomic E-state index is -0.351. The fraction of sp³-hybridized carbons (Fsp3) is 0.333. The van der Waals surface area contributed by atoms with E-state index in [0.717, 1.165) is 0 Å². The Bertz CT molecular complexity index is 568. The number of halogens is 1. The quantitative estimate of drug-likeness (QED) is 0.547. The Morgan fingerprint density at radius 3 is 3.06 bits per heavy atom. The summed E-state index contributed by atoms with van der Waals surface area (Å²) in [6.07, 6.45) is 3.53. The molecule has 16 heavy (non-hydrogen) atoms. The fourth-order valence-electron chi connectivity index (χ4n) is 1.79. The van der Waals surface area contributed by atoms with Crippen LogP contribution in [-0.4, -0.2) is 32.1 Å². The molecule has 0 aliphatic carbocycles. The zero-order valence-corrected chi connectivity index (χ0v) is 8.89. The molecule has 3 rings (SSSR count). The molecule has 0 amide bonds. The first-order valence-corrected chi connectivity index (χ1v) is 5.15. The first-order chi connectivity index (χ1) is 7.77. The monoisotopic (exact) mass is 238 g/mol. The topological polar surface area (TPSA) is 69.9 Å². The van der Waals surface area contributed by atoms with Gasteiger partial charge in [0.1, 0.15) is 17.9 Å². The van der Waals surface area contributed by atoms with Gasteiger partial charge in [-0.25, -0.2) is 19.7 Å². The molecular formula is C9H7ClN4O2. The van der Waals surface area contributed by atoms with E-state index in [4.69, 9.17) is 16.3 Å². The Kier molecular flexibility index (Phi) is 2.03. The molecule has 0 saturated carbocycles. The van der Waals surface area contributed by atoms with Crippen molar-refractivity contribution in [1.82, 2.24) is 19.5 Å². The van der Waals surface area contributed by atoms with E-state index in [1.807, 2.05) is 0 Å². The second-order valence-electron chi connectivity index (χ2n) is 3.46. The Hall–Kier alpha value is -1.69. The molecule has 1 aliphatic rings. The van der Waals surface area contributed by atoms with Crippen LogP contribution in [0.15, 0.2) is 12.7 Å². The lowest BCUT2D eigenvalue weighted by atomic mass is 10.2. The van der Waals surface area contributed by atoms with E-state index in [2.05, 4.69) is 15.0 Å². The van der Waals surface area contributed by atoms with Gasteiger partial charge < -0.3 is 9.30 Å². The smallest absolute Gasteiger partial charge is 0.329 e. The SMILES string of the molecule is O=C1OCCC1n1cnc2c(Cl)ncnc21. The van der Waals surface area contributed by atoms with Crippen LogP contribution in [0.5, 0.6) is 0 Å². The molecule has 2 aromatic rings. The number of hydrogen-bond donors (Lipinski definition) is 0. The molecule has 6 nitrogen and oxygen atoms in total. The van der Waals surface area contributed by atoms with Crippen molar-refractivity contribution in [2.45, 2.75) is 12.5 Å². The summed E-state index contributed by atoms with van der Waals surface area (Å²) in [5.41, 5.74) is 1.06. The van der Waals surface area contributed by atoms with E-state index in [-0.39, 0.29) is 17.2 Å². The zero-order valence-electron chi connectivity index (χ0n) is 8.13. The van der Waals surface area contributed by atoms with E-state index in [9.17, 15) is 4.79 Å². The van der Waals surface area contributed by atoms with Crippen LogP contribution < -0.4 is 0 Å². The molecule has 1 aliphatic heterocycles. The first kappa shape index (κ1) is 9.53. The third kappa shape index (κ3) is 1.26. The van der Waals surface area contributed by atoms with Crippen LogP contribution in [0.4, 0.5) is 0 Å². The number of imidazole rings is 1. The summed E-state index contributed by atoms with van der Waals surface area (Å²) < 4.78 is 6.58. The lowest BCUT2D eigenvalue weighted by Crippen LogP contribution is -2.13. The molecule has 0 bridgehead atoms. The lowest BCUT2D eigenvalue weighted by Gasteiger charge is -2.07. The van der Waals surface area contributed by atoms with Crippen molar-refractivity contribution in [3.8, 4) is 0 Å². The van der Waals surface area contributed by atoms with Gasteiger partial charge in [0, 0.05) is 6.42 Å². The molecule has 0 radical (unpaired) electrons. The summed E-state index contributed by atoms with van der Waals surface area (Å²) in [6.45, 7) is 0.433. The number of nitrogens with zero attached hydrogens (tertiary/aromatic N) is 4. The largest absolute Gasteiger partial charge is 0.464 e. The maximum atomic E-state index is 11.5. The van der Waals surface area contributed by atoms with Crippen molar-refractivity contribution in [1.29, 1.82) is 0 Å². The maximum Gasteiger partial charge on any atom is 0.329 e. The van der Waals surface area contributed by atoms with Crippen molar-refractivity contribution in [3.63, 3.8) is 0 Å². The average Bonchev–Trinajstić information content (AvgIpc) is 2.84. The highest BCUT2D eigenvalue weighted by Gasteiger charge is 2.29. The zero-order chi connectivity index (χ0) is 11.1. The van der Waals surface area contributed by atoms with Gasteiger partial charge in [-0.2, -0.15) is 0 Å². The number of cyclic esters (lactones) is 1. The molecule has 0 aromatic carbocycles. The third-order valence-corrected chi connectivity index (χ3v) is 2.83. The fourth-order valence-corrected chi connectivity index (χ4v) is 1.97. The van der Waals surface area contributed by atoms with E-state index in [0.29, 0.717) is 24.2 Å². The Balaban J connectivity index is 2.17. The standard InChI is InChI=1S/C9H7ClN4O2/c10-7-6-8(12-3-11-7)14(4-13-6)5-1-2-16-9(5)15/h3-5H,1-2H2. The van der Waals surface area contributed by atoms with Gasteiger partial charge in [0.05, 0.1) is 12.9 Å². The highest BCUT2D eigenvalue weighted by Crippen LogP contribution is 2.25. The number of carbonyl (C=O) groups is 1. The van der Waals surface area contributed by atoms with Crippen LogP contribution in [0.2, 0.25) is 5.15 Å². The highest BCUT2D eigenvalue weighted by atomic mass is 35.5. The van der Waals surface area contributed by atoms with Crippen LogP contribution in [-0.2, 0) is 9.53 Å². The van der Waals surface area contributed by atoms with Crippen LogP contribution in [0.25, 0.3) is 11.2 Å².